The Hall–Kier alpha value is -2.19. The van der Waals surface area contributed by atoms with Gasteiger partial charge < -0.3 is 25.3 Å². The molecule has 3 aliphatic carbocycles. The summed E-state index contributed by atoms with van der Waals surface area (Å²) in [7, 11) is 5.48. The highest BCUT2D eigenvalue weighted by atomic mass is 16.5. The molecule has 30 heavy (non-hydrogen) atoms. The maximum atomic E-state index is 12.8. The summed E-state index contributed by atoms with van der Waals surface area (Å²) in [5.41, 5.74) is 8.36. The number of fused-ring (bicyclic) bond motifs is 3. The fourth-order valence-electron chi connectivity index (χ4n) is 7.61. The summed E-state index contributed by atoms with van der Waals surface area (Å²) < 4.78 is 7.14. The second-order valence-corrected chi connectivity index (χ2v) is 9.80. The average molecular weight is 409 g/mol. The van der Waals surface area contributed by atoms with Gasteiger partial charge in [0.1, 0.15) is 12.0 Å². The Kier molecular flexibility index (Phi) is 3.31. The third-order valence-electron chi connectivity index (χ3n) is 8.58. The maximum Gasteiger partial charge on any atom is 0.257 e. The summed E-state index contributed by atoms with van der Waals surface area (Å²) in [5, 5.41) is 22.2. The standard InChI is InChI=1S/C23H27N3O4/c1-25-11-21-10-22(16-7-13(30-3)4-5-15(16)21)9-17-12(8-23(22,29)20(21)25)6-14(18(24)27)19(28)26(17)2/h4-7,18,20,27,29H,8-11,24H2,1-3H3/t18?,20-,21?,22+,23-/m1/s1. The van der Waals surface area contributed by atoms with Crippen LogP contribution in [0.15, 0.2) is 29.1 Å². The molecule has 158 valence electrons. The van der Waals surface area contributed by atoms with E-state index < -0.39 is 17.2 Å². The van der Waals surface area contributed by atoms with Gasteiger partial charge in [-0.25, -0.2) is 0 Å². The van der Waals surface area contributed by atoms with Gasteiger partial charge in [0.25, 0.3) is 5.56 Å². The third-order valence-corrected chi connectivity index (χ3v) is 8.58. The second-order valence-electron chi connectivity index (χ2n) is 9.80. The van der Waals surface area contributed by atoms with Gasteiger partial charge in [0.15, 0.2) is 0 Å². The van der Waals surface area contributed by atoms with Crippen molar-refractivity contribution in [3.05, 3.63) is 62.6 Å². The zero-order chi connectivity index (χ0) is 21.2. The van der Waals surface area contributed by atoms with Crippen LogP contribution in [0.2, 0.25) is 0 Å². The molecule has 2 heterocycles. The number of pyridine rings is 1. The van der Waals surface area contributed by atoms with Crippen molar-refractivity contribution in [2.24, 2.45) is 12.8 Å². The minimum absolute atomic E-state index is 0.0301. The zero-order valence-electron chi connectivity index (χ0n) is 17.5. The summed E-state index contributed by atoms with van der Waals surface area (Å²) in [6, 6.07) is 8.01. The lowest BCUT2D eigenvalue weighted by Gasteiger charge is -2.61. The fraction of sp³-hybridized carbons (Fsp3) is 0.522. The summed E-state index contributed by atoms with van der Waals surface area (Å²) in [5.74, 6) is 0.792. The lowest BCUT2D eigenvalue weighted by molar-refractivity contribution is -0.126. The monoisotopic (exact) mass is 409 g/mol. The van der Waals surface area contributed by atoms with E-state index in [-0.39, 0.29) is 22.6 Å². The van der Waals surface area contributed by atoms with Gasteiger partial charge in [-0.2, -0.15) is 0 Å². The van der Waals surface area contributed by atoms with E-state index in [4.69, 9.17) is 10.5 Å². The highest BCUT2D eigenvalue weighted by molar-refractivity contribution is 5.63. The summed E-state index contributed by atoms with van der Waals surface area (Å²) in [6.07, 6.45) is 0.562. The first kappa shape index (κ1) is 18.6. The van der Waals surface area contributed by atoms with Crippen LogP contribution in [-0.4, -0.2) is 52.0 Å². The summed E-state index contributed by atoms with van der Waals surface area (Å²) >= 11 is 0. The first-order valence-corrected chi connectivity index (χ1v) is 10.5. The van der Waals surface area contributed by atoms with Crippen LogP contribution in [-0.2, 0) is 30.7 Å². The third kappa shape index (κ3) is 1.77. The molecule has 1 aromatic carbocycles. The van der Waals surface area contributed by atoms with Crippen LogP contribution in [0.3, 0.4) is 0 Å². The number of likely N-dealkylation sites (N-methyl/N-ethyl adjacent to an activating group) is 1. The number of hydrogen-bond donors (Lipinski definition) is 3. The Morgan fingerprint density at radius 1 is 1.23 bits per heavy atom. The average Bonchev–Trinajstić information content (AvgIpc) is 3.07. The number of likely N-dealkylation sites (tertiary alicyclic amines) is 1. The van der Waals surface area contributed by atoms with Crippen LogP contribution in [0.4, 0.5) is 0 Å². The molecule has 4 aliphatic rings. The SMILES string of the molecule is COc1ccc2c(c1)[C@@]13Cc4c(cc(C(N)O)c(=O)n4C)C[C@@]1(O)[C@@H]1N(C)CC21C3. The van der Waals surface area contributed by atoms with Crippen molar-refractivity contribution in [3.63, 3.8) is 0 Å². The number of nitrogens with zero attached hydrogens (tertiary/aromatic N) is 2. The fourth-order valence-corrected chi connectivity index (χ4v) is 7.61. The van der Waals surface area contributed by atoms with Gasteiger partial charge in [0, 0.05) is 43.0 Å². The smallest absolute Gasteiger partial charge is 0.257 e. The van der Waals surface area contributed by atoms with E-state index in [9.17, 15) is 15.0 Å². The number of aromatic nitrogens is 1. The molecule has 1 saturated heterocycles. The van der Waals surface area contributed by atoms with E-state index in [0.29, 0.717) is 12.8 Å². The molecule has 2 spiro atoms. The van der Waals surface area contributed by atoms with Crippen LogP contribution in [0.1, 0.15) is 40.6 Å². The second kappa shape index (κ2) is 5.34. The van der Waals surface area contributed by atoms with Crippen LogP contribution >= 0.6 is 0 Å². The lowest BCUT2D eigenvalue weighted by Crippen LogP contribution is -2.74. The van der Waals surface area contributed by atoms with E-state index in [1.807, 2.05) is 6.07 Å². The van der Waals surface area contributed by atoms with Gasteiger partial charge in [-0.1, -0.05) is 6.07 Å². The molecule has 2 fully saturated rings. The van der Waals surface area contributed by atoms with Gasteiger partial charge in [-0.05, 0) is 48.4 Å². The first-order valence-electron chi connectivity index (χ1n) is 10.5. The van der Waals surface area contributed by atoms with E-state index in [1.54, 1.807) is 24.8 Å². The maximum absolute atomic E-state index is 12.8. The Balaban J connectivity index is 1.63. The molecule has 5 atom stereocenters. The van der Waals surface area contributed by atoms with Crippen LogP contribution in [0, 0.1) is 0 Å². The largest absolute Gasteiger partial charge is 0.497 e. The molecule has 1 aliphatic heterocycles. The minimum atomic E-state index is -1.33. The summed E-state index contributed by atoms with van der Waals surface area (Å²) in [6.45, 7) is 0.920. The number of rotatable bonds is 2. The molecule has 0 amide bonds. The topological polar surface area (TPSA) is 101 Å². The Morgan fingerprint density at radius 2 is 2.00 bits per heavy atom. The molecule has 2 aromatic rings. The number of aliphatic hydroxyl groups excluding tert-OH is 1. The molecule has 7 nitrogen and oxygen atoms in total. The number of ether oxygens (including phenoxy) is 1. The van der Waals surface area contributed by atoms with Crippen molar-refractivity contribution in [1.82, 2.24) is 9.47 Å². The zero-order valence-corrected chi connectivity index (χ0v) is 17.5. The van der Waals surface area contributed by atoms with Gasteiger partial charge in [0.05, 0.1) is 24.3 Å². The lowest BCUT2D eigenvalue weighted by atomic mass is 9.55. The van der Waals surface area contributed by atoms with Crippen molar-refractivity contribution in [2.45, 2.75) is 48.0 Å². The van der Waals surface area contributed by atoms with Crippen LogP contribution in [0.25, 0.3) is 0 Å². The number of benzene rings is 1. The molecule has 1 aromatic heterocycles. The van der Waals surface area contributed by atoms with Crippen LogP contribution < -0.4 is 16.0 Å². The number of methoxy groups -OCH3 is 1. The summed E-state index contributed by atoms with van der Waals surface area (Å²) in [4.78, 5) is 15.1. The Bertz CT molecular complexity index is 1170. The van der Waals surface area contributed by atoms with Crippen LogP contribution in [0.5, 0.6) is 5.75 Å². The molecule has 0 radical (unpaired) electrons. The molecular weight excluding hydrogens is 382 g/mol. The number of nitrogens with two attached hydrogens (primary N) is 1. The molecule has 4 N–H and O–H groups in total. The molecule has 6 rings (SSSR count). The van der Waals surface area contributed by atoms with Crippen molar-refractivity contribution in [3.8, 4) is 5.75 Å². The molecule has 2 bridgehead atoms. The van der Waals surface area contributed by atoms with Crippen molar-refractivity contribution in [1.29, 1.82) is 0 Å². The predicted octanol–water partition coefficient (Wildman–Crippen LogP) is 0.0803. The Morgan fingerprint density at radius 3 is 2.67 bits per heavy atom. The predicted molar refractivity (Wildman–Crippen MR) is 111 cm³/mol. The van der Waals surface area contributed by atoms with E-state index >= 15 is 0 Å². The number of hydrogen-bond acceptors (Lipinski definition) is 6. The van der Waals surface area contributed by atoms with Crippen molar-refractivity contribution in [2.75, 3.05) is 20.7 Å². The van der Waals surface area contributed by atoms with Gasteiger partial charge >= 0.3 is 0 Å². The van der Waals surface area contributed by atoms with E-state index in [1.165, 1.54) is 5.56 Å². The van der Waals surface area contributed by atoms with E-state index in [2.05, 4.69) is 24.1 Å². The van der Waals surface area contributed by atoms with Gasteiger partial charge in [-0.15, -0.1) is 0 Å². The molecule has 7 heteroatoms. The molecule has 1 saturated carbocycles. The normalized spacial score (nSPS) is 36.4. The molecular formula is C23H27N3O4. The van der Waals surface area contributed by atoms with Gasteiger partial charge in [-0.3, -0.25) is 9.69 Å². The number of aliphatic hydroxyl groups is 2. The van der Waals surface area contributed by atoms with Gasteiger partial charge in [0.2, 0.25) is 0 Å². The van der Waals surface area contributed by atoms with E-state index in [0.717, 1.165) is 35.5 Å². The minimum Gasteiger partial charge on any atom is -0.497 e. The first-order chi connectivity index (χ1) is 14.2. The Labute approximate surface area is 174 Å². The quantitative estimate of drug-likeness (QED) is 0.608. The van der Waals surface area contributed by atoms with Crippen molar-refractivity contribution < 1.29 is 14.9 Å². The highest BCUT2D eigenvalue weighted by Crippen LogP contribution is 2.72. The highest BCUT2D eigenvalue weighted by Gasteiger charge is 2.80. The molecule has 2 unspecified atom stereocenters. The van der Waals surface area contributed by atoms with Crippen molar-refractivity contribution >= 4 is 0 Å².